The van der Waals surface area contributed by atoms with Crippen molar-refractivity contribution in [2.75, 3.05) is 0 Å². The average molecular weight is 469 g/mol. The van der Waals surface area contributed by atoms with Crippen LogP contribution in [0, 0.1) is 0 Å². The van der Waals surface area contributed by atoms with Crippen molar-refractivity contribution in [2.45, 2.75) is 61.4 Å². The lowest BCUT2D eigenvalue weighted by atomic mass is 9.39. The summed E-state index contributed by atoms with van der Waals surface area (Å²) in [5.74, 6) is 0.163. The minimum atomic E-state index is -4.63. The van der Waals surface area contributed by atoms with Crippen LogP contribution in [0.5, 0.6) is 0 Å². The lowest BCUT2D eigenvalue weighted by Gasteiger charge is -2.68. The number of alkyl halides is 3. The van der Waals surface area contributed by atoms with E-state index >= 15 is 0 Å². The SMILES string of the molecule is O=C(NC12CC(c3nnc([C@H]4C[C@@H](OC(F)(F)F)C4)o3)(C1)C2)c1nc2cc(Cl)ccc2o1. The fraction of sp³-hybridized carbons (Fsp3) is 0.500. The van der Waals surface area contributed by atoms with E-state index in [4.69, 9.17) is 20.4 Å². The van der Waals surface area contributed by atoms with E-state index in [0.717, 1.165) is 0 Å². The zero-order valence-corrected chi connectivity index (χ0v) is 17.2. The second-order valence-corrected chi connectivity index (χ2v) is 9.41. The molecule has 7 rings (SSSR count). The van der Waals surface area contributed by atoms with Crippen LogP contribution in [0.25, 0.3) is 11.1 Å². The van der Waals surface area contributed by atoms with Crippen molar-refractivity contribution in [3.63, 3.8) is 0 Å². The number of nitrogens with zero attached hydrogens (tertiary/aromatic N) is 3. The highest BCUT2D eigenvalue weighted by atomic mass is 35.5. The Kier molecular flexibility index (Phi) is 4.02. The van der Waals surface area contributed by atoms with Crippen LogP contribution in [0.15, 0.2) is 27.0 Å². The van der Waals surface area contributed by atoms with Crippen LogP contribution in [-0.4, -0.2) is 39.1 Å². The fourth-order valence-corrected chi connectivity index (χ4v) is 5.27. The van der Waals surface area contributed by atoms with Gasteiger partial charge in [0.15, 0.2) is 5.58 Å². The molecule has 0 atom stereocenters. The van der Waals surface area contributed by atoms with Gasteiger partial charge in [0.05, 0.1) is 11.5 Å². The number of carbonyl (C=O) groups is 1. The average Bonchev–Trinajstić information content (AvgIpc) is 3.25. The summed E-state index contributed by atoms with van der Waals surface area (Å²) in [6.07, 6.45) is -3.18. The Bertz CT molecular complexity index is 1210. The summed E-state index contributed by atoms with van der Waals surface area (Å²) in [6, 6.07) is 4.94. The van der Waals surface area contributed by atoms with Crippen molar-refractivity contribution < 1.29 is 31.5 Å². The molecule has 168 valence electrons. The molecule has 0 spiro atoms. The molecule has 4 fully saturated rings. The Morgan fingerprint density at radius 3 is 2.66 bits per heavy atom. The maximum absolute atomic E-state index is 12.6. The monoisotopic (exact) mass is 468 g/mol. The third-order valence-corrected chi connectivity index (χ3v) is 6.83. The highest BCUT2D eigenvalue weighted by Crippen LogP contribution is 2.67. The van der Waals surface area contributed by atoms with Crippen LogP contribution in [0.4, 0.5) is 13.2 Å². The van der Waals surface area contributed by atoms with Gasteiger partial charge in [0.2, 0.25) is 11.8 Å². The molecule has 2 heterocycles. The Morgan fingerprint density at radius 2 is 1.94 bits per heavy atom. The van der Waals surface area contributed by atoms with E-state index < -0.39 is 18.4 Å². The van der Waals surface area contributed by atoms with Crippen molar-refractivity contribution in [1.29, 1.82) is 0 Å². The largest absolute Gasteiger partial charge is 0.522 e. The molecule has 0 radical (unpaired) electrons. The number of ether oxygens (including phenoxy) is 1. The summed E-state index contributed by atoms with van der Waals surface area (Å²) in [7, 11) is 0. The summed E-state index contributed by atoms with van der Waals surface area (Å²) in [6.45, 7) is 0. The maximum atomic E-state index is 12.6. The van der Waals surface area contributed by atoms with Gasteiger partial charge in [-0.25, -0.2) is 4.98 Å². The normalized spacial score (nSPS) is 31.0. The second kappa shape index (κ2) is 6.44. The molecule has 4 aliphatic rings. The molecule has 2 bridgehead atoms. The van der Waals surface area contributed by atoms with Crippen LogP contribution < -0.4 is 5.32 Å². The van der Waals surface area contributed by atoms with Crippen molar-refractivity contribution in [2.24, 2.45) is 0 Å². The molecule has 1 amide bonds. The highest BCUT2D eigenvalue weighted by molar-refractivity contribution is 6.31. The number of rotatable bonds is 5. The van der Waals surface area contributed by atoms with Crippen molar-refractivity contribution in [1.82, 2.24) is 20.5 Å². The van der Waals surface area contributed by atoms with Crippen LogP contribution in [0.1, 0.15) is 60.5 Å². The third kappa shape index (κ3) is 3.17. The van der Waals surface area contributed by atoms with Crippen LogP contribution in [0.2, 0.25) is 5.02 Å². The molecule has 4 aliphatic carbocycles. The van der Waals surface area contributed by atoms with Crippen LogP contribution >= 0.6 is 11.6 Å². The predicted octanol–water partition coefficient (Wildman–Crippen LogP) is 4.25. The standard InChI is InChI=1S/C20H16ClF3N4O4/c21-10-1-2-13-12(5-10)25-16(30-13)14(29)26-19-6-18(7-19,8-19)17-28-27-15(31-17)9-3-11(4-9)32-20(22,23)24/h1-2,5,9,11H,3-4,6-8H2,(H,26,29)/t9-,11+,18?,19?. The van der Waals surface area contributed by atoms with Gasteiger partial charge in [-0.05, 0) is 50.3 Å². The number of carbonyl (C=O) groups excluding carboxylic acids is 1. The summed E-state index contributed by atoms with van der Waals surface area (Å²) < 4.78 is 52.1. The molecule has 1 aromatic carbocycles. The van der Waals surface area contributed by atoms with Crippen molar-refractivity contribution in [3.8, 4) is 0 Å². The lowest BCUT2D eigenvalue weighted by molar-refractivity contribution is -0.352. The van der Waals surface area contributed by atoms with Gasteiger partial charge in [-0.3, -0.25) is 9.53 Å². The highest BCUT2D eigenvalue weighted by Gasteiger charge is 2.72. The van der Waals surface area contributed by atoms with E-state index in [-0.39, 0.29) is 35.6 Å². The molecule has 12 heteroatoms. The van der Waals surface area contributed by atoms with E-state index in [1.807, 2.05) is 0 Å². The van der Waals surface area contributed by atoms with Crippen LogP contribution in [0.3, 0.4) is 0 Å². The molecular formula is C20H16ClF3N4O4. The summed E-state index contributed by atoms with van der Waals surface area (Å²) in [5.41, 5.74) is 0.324. The number of oxazole rings is 1. The molecule has 1 N–H and O–H groups in total. The first-order valence-electron chi connectivity index (χ1n) is 10.1. The molecule has 32 heavy (non-hydrogen) atoms. The molecule has 3 aromatic rings. The molecule has 0 saturated heterocycles. The Balaban J connectivity index is 1.06. The molecule has 4 saturated carbocycles. The minimum Gasteiger partial charge on any atom is -0.432 e. The van der Waals surface area contributed by atoms with Gasteiger partial charge in [-0.15, -0.1) is 23.4 Å². The van der Waals surface area contributed by atoms with E-state index in [2.05, 4.69) is 25.2 Å². The van der Waals surface area contributed by atoms with E-state index in [0.29, 0.717) is 47.2 Å². The number of amides is 1. The number of hydrogen-bond donors (Lipinski definition) is 1. The quantitative estimate of drug-likeness (QED) is 0.597. The van der Waals surface area contributed by atoms with Gasteiger partial charge < -0.3 is 14.2 Å². The summed E-state index contributed by atoms with van der Waals surface area (Å²) >= 11 is 5.94. The van der Waals surface area contributed by atoms with Crippen LogP contribution in [-0.2, 0) is 10.2 Å². The van der Waals surface area contributed by atoms with E-state index in [1.165, 1.54) is 0 Å². The Labute approximate surface area is 183 Å². The van der Waals surface area contributed by atoms with Gasteiger partial charge in [-0.1, -0.05) is 11.6 Å². The number of nitrogens with one attached hydrogen (secondary N) is 1. The van der Waals surface area contributed by atoms with Crippen molar-refractivity contribution >= 4 is 28.6 Å². The first-order chi connectivity index (χ1) is 15.1. The maximum Gasteiger partial charge on any atom is 0.522 e. The molecule has 2 aromatic heterocycles. The van der Waals surface area contributed by atoms with Gasteiger partial charge in [0, 0.05) is 16.5 Å². The first-order valence-corrected chi connectivity index (χ1v) is 10.5. The van der Waals surface area contributed by atoms with Gasteiger partial charge in [0.25, 0.3) is 5.89 Å². The molecule has 0 aliphatic heterocycles. The first kappa shape index (κ1) is 20.0. The lowest BCUT2D eigenvalue weighted by Crippen LogP contribution is -2.76. The molecular weight excluding hydrogens is 453 g/mol. The van der Waals surface area contributed by atoms with E-state index in [9.17, 15) is 18.0 Å². The number of benzene rings is 1. The number of fused-ring (bicyclic) bond motifs is 1. The van der Waals surface area contributed by atoms with Gasteiger partial charge >= 0.3 is 12.3 Å². The van der Waals surface area contributed by atoms with Gasteiger partial charge in [0.1, 0.15) is 5.52 Å². The van der Waals surface area contributed by atoms with Crippen molar-refractivity contribution in [3.05, 3.63) is 40.9 Å². The minimum absolute atomic E-state index is 0.0262. The third-order valence-electron chi connectivity index (χ3n) is 6.59. The number of hydrogen-bond acceptors (Lipinski definition) is 7. The Hall–Kier alpha value is -2.66. The number of aromatic nitrogens is 3. The zero-order valence-electron chi connectivity index (χ0n) is 16.4. The smallest absolute Gasteiger partial charge is 0.432 e. The second-order valence-electron chi connectivity index (χ2n) is 8.98. The number of halogens is 4. The Morgan fingerprint density at radius 1 is 1.19 bits per heavy atom. The van der Waals surface area contributed by atoms with Gasteiger partial charge in [-0.2, -0.15) is 0 Å². The zero-order chi connectivity index (χ0) is 22.3. The molecule has 0 unspecified atom stereocenters. The topological polar surface area (TPSA) is 103 Å². The fourth-order valence-electron chi connectivity index (χ4n) is 5.11. The van der Waals surface area contributed by atoms with E-state index in [1.54, 1.807) is 18.2 Å². The summed E-state index contributed by atoms with van der Waals surface area (Å²) in [5, 5.41) is 11.6. The molecule has 8 nitrogen and oxygen atoms in total. The summed E-state index contributed by atoms with van der Waals surface area (Å²) in [4.78, 5) is 16.8. The predicted molar refractivity (Wildman–Crippen MR) is 102 cm³/mol.